The third kappa shape index (κ3) is 2.89. The van der Waals surface area contributed by atoms with Crippen molar-refractivity contribution >= 4 is 11.9 Å². The van der Waals surface area contributed by atoms with Crippen molar-refractivity contribution in [1.82, 2.24) is 4.90 Å². The van der Waals surface area contributed by atoms with E-state index >= 15 is 0 Å². The highest BCUT2D eigenvalue weighted by molar-refractivity contribution is 5.85. The van der Waals surface area contributed by atoms with Gasteiger partial charge in [0, 0.05) is 12.6 Å². The molecular weight excluding hydrogens is 254 g/mol. The summed E-state index contributed by atoms with van der Waals surface area (Å²) >= 11 is 0. The molecule has 0 radical (unpaired) electrons. The number of carbonyl (C=O) groups excluding carboxylic acids is 1. The molecule has 1 aliphatic carbocycles. The Morgan fingerprint density at radius 1 is 1.10 bits per heavy atom. The standard InChI is InChI=1S/C16H25NO3/c1-10-8-11(2)12(3)17(9-10)15(18)13-6-4-5-7-14(13)16(19)20/h4-5,10-14H,6-9H2,1-3H3,(H,19,20)/t10?,11?,12?,13-,14+/m1/s1. The Kier molecular flexibility index (Phi) is 4.51. The van der Waals surface area contributed by atoms with Crippen molar-refractivity contribution in [1.29, 1.82) is 0 Å². The van der Waals surface area contributed by atoms with Crippen LogP contribution in [0.1, 0.15) is 40.0 Å². The first-order chi connectivity index (χ1) is 9.41. The first-order valence-corrected chi connectivity index (χ1v) is 7.60. The van der Waals surface area contributed by atoms with E-state index in [0.717, 1.165) is 13.0 Å². The van der Waals surface area contributed by atoms with Crippen LogP contribution in [0.4, 0.5) is 0 Å². The number of carboxylic acids is 1. The molecule has 3 unspecified atom stereocenters. The van der Waals surface area contributed by atoms with Crippen molar-refractivity contribution in [3.8, 4) is 0 Å². The van der Waals surface area contributed by atoms with Gasteiger partial charge in [0.1, 0.15) is 0 Å². The average molecular weight is 279 g/mol. The lowest BCUT2D eigenvalue weighted by Crippen LogP contribution is -2.52. The number of carboxylic acid groups (broad SMARTS) is 1. The molecule has 1 fully saturated rings. The molecule has 2 aliphatic rings. The fraction of sp³-hybridized carbons (Fsp3) is 0.750. The van der Waals surface area contributed by atoms with E-state index in [1.54, 1.807) is 0 Å². The van der Waals surface area contributed by atoms with Crippen molar-refractivity contribution in [2.24, 2.45) is 23.7 Å². The van der Waals surface area contributed by atoms with Crippen LogP contribution in [0.25, 0.3) is 0 Å². The van der Waals surface area contributed by atoms with Crippen LogP contribution in [0, 0.1) is 23.7 Å². The maximum Gasteiger partial charge on any atom is 0.307 e. The van der Waals surface area contributed by atoms with E-state index in [9.17, 15) is 14.7 Å². The predicted octanol–water partition coefficient (Wildman–Crippen LogP) is 2.55. The van der Waals surface area contributed by atoms with Gasteiger partial charge in [-0.25, -0.2) is 0 Å². The minimum absolute atomic E-state index is 0.0349. The number of allylic oxidation sites excluding steroid dienone is 2. The van der Waals surface area contributed by atoms with Gasteiger partial charge in [0.25, 0.3) is 0 Å². The molecular formula is C16H25NO3. The summed E-state index contributed by atoms with van der Waals surface area (Å²) in [6.45, 7) is 7.19. The summed E-state index contributed by atoms with van der Waals surface area (Å²) in [5.41, 5.74) is 0. The normalized spacial score (nSPS) is 37.8. The van der Waals surface area contributed by atoms with Crippen LogP contribution < -0.4 is 0 Å². The summed E-state index contributed by atoms with van der Waals surface area (Å²) in [7, 11) is 0. The van der Waals surface area contributed by atoms with Crippen LogP contribution in [0.3, 0.4) is 0 Å². The van der Waals surface area contributed by atoms with Gasteiger partial charge >= 0.3 is 5.97 Å². The number of aliphatic carboxylic acids is 1. The molecule has 0 aromatic carbocycles. The van der Waals surface area contributed by atoms with Crippen molar-refractivity contribution in [2.75, 3.05) is 6.54 Å². The zero-order valence-electron chi connectivity index (χ0n) is 12.6. The van der Waals surface area contributed by atoms with Crippen LogP contribution in [0.5, 0.6) is 0 Å². The molecule has 112 valence electrons. The number of rotatable bonds is 2. The minimum atomic E-state index is -0.849. The first kappa shape index (κ1) is 15.1. The SMILES string of the molecule is CC1CC(C)C(C)N(C(=O)[C@@H]2CC=CC[C@@H]2C(=O)O)C1. The zero-order valence-corrected chi connectivity index (χ0v) is 12.6. The molecule has 1 saturated heterocycles. The number of hydrogen-bond donors (Lipinski definition) is 1. The largest absolute Gasteiger partial charge is 0.481 e. The molecule has 0 bridgehead atoms. The van der Waals surface area contributed by atoms with Crippen LogP contribution in [-0.4, -0.2) is 34.5 Å². The summed E-state index contributed by atoms with van der Waals surface area (Å²) in [5.74, 6) is -0.798. The Labute approximate surface area is 120 Å². The molecule has 1 N–H and O–H groups in total. The van der Waals surface area contributed by atoms with E-state index in [1.165, 1.54) is 0 Å². The zero-order chi connectivity index (χ0) is 14.9. The number of carbonyl (C=O) groups is 2. The van der Waals surface area contributed by atoms with Gasteiger partial charge in [-0.1, -0.05) is 26.0 Å². The van der Waals surface area contributed by atoms with Gasteiger partial charge in [0.15, 0.2) is 0 Å². The molecule has 1 heterocycles. The molecule has 5 atom stereocenters. The van der Waals surface area contributed by atoms with Crippen LogP contribution in [-0.2, 0) is 9.59 Å². The number of likely N-dealkylation sites (tertiary alicyclic amines) is 1. The molecule has 20 heavy (non-hydrogen) atoms. The Balaban J connectivity index is 2.16. The summed E-state index contributed by atoms with van der Waals surface area (Å²) in [6, 6.07) is 0.207. The monoisotopic (exact) mass is 279 g/mol. The van der Waals surface area contributed by atoms with E-state index in [2.05, 4.69) is 20.8 Å². The number of nitrogens with zero attached hydrogens (tertiary/aromatic N) is 1. The summed E-state index contributed by atoms with van der Waals surface area (Å²) in [6.07, 6.45) is 6.00. The molecule has 4 heteroatoms. The Morgan fingerprint density at radius 2 is 1.70 bits per heavy atom. The quantitative estimate of drug-likeness (QED) is 0.790. The van der Waals surface area contributed by atoms with Crippen molar-refractivity contribution in [2.45, 2.75) is 46.1 Å². The summed E-state index contributed by atoms with van der Waals surface area (Å²) in [5, 5.41) is 9.32. The van der Waals surface area contributed by atoms with Crippen molar-refractivity contribution in [3.05, 3.63) is 12.2 Å². The van der Waals surface area contributed by atoms with Gasteiger partial charge in [-0.2, -0.15) is 0 Å². The molecule has 1 amide bonds. The number of amides is 1. The number of hydrogen-bond acceptors (Lipinski definition) is 2. The topological polar surface area (TPSA) is 57.6 Å². The van der Waals surface area contributed by atoms with Gasteiger partial charge in [0.2, 0.25) is 5.91 Å². The molecule has 1 aliphatic heterocycles. The summed E-state index contributed by atoms with van der Waals surface area (Å²) in [4.78, 5) is 26.1. The van der Waals surface area contributed by atoms with Gasteiger partial charge in [-0.05, 0) is 38.0 Å². The van der Waals surface area contributed by atoms with Gasteiger partial charge < -0.3 is 10.0 Å². The lowest BCUT2D eigenvalue weighted by molar-refractivity contribution is -0.153. The van der Waals surface area contributed by atoms with Gasteiger partial charge in [-0.3, -0.25) is 9.59 Å². The maximum atomic E-state index is 12.8. The van der Waals surface area contributed by atoms with Gasteiger partial charge in [-0.15, -0.1) is 0 Å². The highest BCUT2D eigenvalue weighted by atomic mass is 16.4. The van der Waals surface area contributed by atoms with Crippen LogP contribution >= 0.6 is 0 Å². The van der Waals surface area contributed by atoms with Crippen molar-refractivity contribution in [3.63, 3.8) is 0 Å². The molecule has 4 nitrogen and oxygen atoms in total. The average Bonchev–Trinajstić information content (AvgIpc) is 2.42. The highest BCUT2D eigenvalue weighted by Crippen LogP contribution is 2.33. The second-order valence-electron chi connectivity index (χ2n) is 6.54. The molecule has 0 spiro atoms. The Bertz CT molecular complexity index is 418. The van der Waals surface area contributed by atoms with Crippen LogP contribution in [0.15, 0.2) is 12.2 Å². The lowest BCUT2D eigenvalue weighted by atomic mass is 9.79. The Hall–Kier alpha value is -1.32. The third-order valence-corrected chi connectivity index (χ3v) is 4.95. The molecule has 0 aromatic rings. The van der Waals surface area contributed by atoms with Crippen LogP contribution in [0.2, 0.25) is 0 Å². The predicted molar refractivity (Wildman–Crippen MR) is 77.1 cm³/mol. The van der Waals surface area contributed by atoms with E-state index in [-0.39, 0.29) is 11.9 Å². The van der Waals surface area contributed by atoms with E-state index in [0.29, 0.717) is 24.7 Å². The second-order valence-corrected chi connectivity index (χ2v) is 6.54. The summed E-state index contributed by atoms with van der Waals surface area (Å²) < 4.78 is 0. The molecule has 0 saturated carbocycles. The lowest BCUT2D eigenvalue weighted by Gasteiger charge is -2.43. The third-order valence-electron chi connectivity index (χ3n) is 4.95. The molecule has 2 rings (SSSR count). The second kappa shape index (κ2) is 5.98. The highest BCUT2D eigenvalue weighted by Gasteiger charge is 2.40. The fourth-order valence-electron chi connectivity index (χ4n) is 3.58. The fourth-order valence-corrected chi connectivity index (χ4v) is 3.58. The molecule has 0 aromatic heterocycles. The van der Waals surface area contributed by atoms with E-state index in [4.69, 9.17) is 0 Å². The van der Waals surface area contributed by atoms with E-state index in [1.807, 2.05) is 17.1 Å². The number of piperidine rings is 1. The van der Waals surface area contributed by atoms with Gasteiger partial charge in [0.05, 0.1) is 11.8 Å². The van der Waals surface area contributed by atoms with Crippen molar-refractivity contribution < 1.29 is 14.7 Å². The Morgan fingerprint density at radius 3 is 2.30 bits per heavy atom. The first-order valence-electron chi connectivity index (χ1n) is 7.60. The minimum Gasteiger partial charge on any atom is -0.481 e. The maximum absolute atomic E-state index is 12.8. The van der Waals surface area contributed by atoms with E-state index < -0.39 is 17.8 Å². The smallest absolute Gasteiger partial charge is 0.307 e.